The number of anilines is 1. The van der Waals surface area contributed by atoms with Gasteiger partial charge < -0.3 is 14.6 Å². The standard InChI is InChI=1S/C32H31N3O2/c1-22-13-18-29-30(19-22)35(3)31(34-29)21-37-26-16-14-24(15-17-26)20-23(2)33-28-12-8-7-11-27(28)32(36)25-9-5-4-6-10-25/h4-19,23,33H,20-21H2,1-3H3. The van der Waals surface area contributed by atoms with Gasteiger partial charge in [-0.05, 0) is 67.8 Å². The number of aromatic nitrogens is 2. The number of nitrogens with one attached hydrogen (secondary N) is 1. The Hall–Kier alpha value is -4.38. The molecule has 0 saturated heterocycles. The summed E-state index contributed by atoms with van der Waals surface area (Å²) < 4.78 is 8.12. The fourth-order valence-electron chi connectivity index (χ4n) is 4.57. The van der Waals surface area contributed by atoms with Crippen molar-refractivity contribution in [2.24, 2.45) is 7.05 Å². The van der Waals surface area contributed by atoms with Gasteiger partial charge in [-0.1, -0.05) is 60.7 Å². The first-order chi connectivity index (χ1) is 18.0. The summed E-state index contributed by atoms with van der Waals surface area (Å²) in [6.07, 6.45) is 0.818. The van der Waals surface area contributed by atoms with E-state index in [1.165, 1.54) is 11.1 Å². The lowest BCUT2D eigenvalue weighted by Crippen LogP contribution is -2.20. The molecule has 37 heavy (non-hydrogen) atoms. The Balaban J connectivity index is 1.20. The van der Waals surface area contributed by atoms with E-state index in [9.17, 15) is 4.79 Å². The summed E-state index contributed by atoms with van der Waals surface area (Å²) in [7, 11) is 2.02. The van der Waals surface area contributed by atoms with Crippen LogP contribution in [0.25, 0.3) is 11.0 Å². The molecule has 0 saturated carbocycles. The molecule has 5 nitrogen and oxygen atoms in total. The van der Waals surface area contributed by atoms with E-state index in [0.717, 1.165) is 34.7 Å². The number of nitrogens with zero attached hydrogens (tertiary/aromatic N) is 2. The van der Waals surface area contributed by atoms with Gasteiger partial charge in [-0.25, -0.2) is 4.98 Å². The average Bonchev–Trinajstić information content (AvgIpc) is 3.23. The normalized spacial score (nSPS) is 11.9. The molecular formula is C32H31N3O2. The van der Waals surface area contributed by atoms with Crippen LogP contribution in [-0.4, -0.2) is 21.4 Å². The van der Waals surface area contributed by atoms with Crippen LogP contribution in [0.5, 0.6) is 5.75 Å². The first-order valence-electron chi connectivity index (χ1n) is 12.6. The highest BCUT2D eigenvalue weighted by Crippen LogP contribution is 2.22. The van der Waals surface area contributed by atoms with Gasteiger partial charge in [-0.3, -0.25) is 4.79 Å². The summed E-state index contributed by atoms with van der Waals surface area (Å²) in [5, 5.41) is 3.53. The second-order valence-corrected chi connectivity index (χ2v) is 9.50. The summed E-state index contributed by atoms with van der Waals surface area (Å²) >= 11 is 0. The third-order valence-corrected chi connectivity index (χ3v) is 6.57. The van der Waals surface area contributed by atoms with Crippen LogP contribution < -0.4 is 10.1 Å². The van der Waals surface area contributed by atoms with Gasteiger partial charge in [0.1, 0.15) is 18.2 Å². The fraction of sp³-hybridized carbons (Fsp3) is 0.188. The highest BCUT2D eigenvalue weighted by atomic mass is 16.5. The largest absolute Gasteiger partial charge is 0.486 e. The van der Waals surface area contributed by atoms with Crippen LogP contribution in [0.4, 0.5) is 5.69 Å². The zero-order valence-electron chi connectivity index (χ0n) is 21.4. The van der Waals surface area contributed by atoms with Crippen molar-refractivity contribution < 1.29 is 9.53 Å². The molecule has 5 aromatic rings. The molecule has 0 aliphatic carbocycles. The predicted octanol–water partition coefficient (Wildman–Crippen LogP) is 6.73. The molecule has 0 aliphatic rings. The summed E-state index contributed by atoms with van der Waals surface area (Å²) in [6.45, 7) is 4.62. The van der Waals surface area contributed by atoms with Crippen molar-refractivity contribution in [3.05, 3.63) is 125 Å². The number of imidazole rings is 1. The van der Waals surface area contributed by atoms with E-state index in [1.54, 1.807) is 0 Å². The van der Waals surface area contributed by atoms with E-state index in [-0.39, 0.29) is 11.8 Å². The second kappa shape index (κ2) is 10.7. The van der Waals surface area contributed by atoms with E-state index >= 15 is 0 Å². The van der Waals surface area contributed by atoms with Crippen LogP contribution >= 0.6 is 0 Å². The number of hydrogen-bond acceptors (Lipinski definition) is 4. The topological polar surface area (TPSA) is 56.1 Å². The lowest BCUT2D eigenvalue weighted by molar-refractivity contribution is 0.103. The van der Waals surface area contributed by atoms with Crippen molar-refractivity contribution in [2.75, 3.05) is 5.32 Å². The van der Waals surface area contributed by atoms with Gasteiger partial charge in [0.2, 0.25) is 0 Å². The van der Waals surface area contributed by atoms with E-state index < -0.39 is 0 Å². The number of rotatable bonds is 9. The second-order valence-electron chi connectivity index (χ2n) is 9.50. The van der Waals surface area contributed by atoms with Gasteiger partial charge in [0.05, 0.1) is 11.0 Å². The Morgan fingerprint density at radius 1 is 0.946 bits per heavy atom. The van der Waals surface area contributed by atoms with Crippen molar-refractivity contribution in [1.82, 2.24) is 9.55 Å². The fourth-order valence-corrected chi connectivity index (χ4v) is 4.57. The molecule has 0 spiro atoms. The Bertz CT molecular complexity index is 1520. The highest BCUT2D eigenvalue weighted by Gasteiger charge is 2.15. The summed E-state index contributed by atoms with van der Waals surface area (Å²) in [5.74, 6) is 1.73. The molecule has 5 rings (SSSR count). The van der Waals surface area contributed by atoms with Gasteiger partial charge in [0.15, 0.2) is 5.78 Å². The van der Waals surface area contributed by atoms with E-state index in [0.29, 0.717) is 17.7 Å². The molecule has 1 heterocycles. The molecule has 0 amide bonds. The van der Waals surface area contributed by atoms with Gasteiger partial charge in [-0.2, -0.15) is 0 Å². The lowest BCUT2D eigenvalue weighted by atomic mass is 10.0. The van der Waals surface area contributed by atoms with Crippen LogP contribution in [0.3, 0.4) is 0 Å². The molecule has 4 aromatic carbocycles. The maximum absolute atomic E-state index is 13.0. The zero-order valence-corrected chi connectivity index (χ0v) is 21.4. The maximum atomic E-state index is 13.0. The maximum Gasteiger partial charge on any atom is 0.195 e. The number of carbonyl (C=O) groups excluding carboxylic acids is 1. The number of ether oxygens (including phenoxy) is 1. The lowest BCUT2D eigenvalue weighted by Gasteiger charge is -2.18. The van der Waals surface area contributed by atoms with E-state index in [4.69, 9.17) is 9.72 Å². The minimum atomic E-state index is 0.0214. The SMILES string of the molecule is Cc1ccc2nc(COc3ccc(CC(C)Nc4ccccc4C(=O)c4ccccc4)cc3)n(C)c2c1. The average molecular weight is 490 g/mol. The van der Waals surface area contributed by atoms with Gasteiger partial charge in [-0.15, -0.1) is 0 Å². The van der Waals surface area contributed by atoms with Gasteiger partial charge in [0.25, 0.3) is 0 Å². The zero-order chi connectivity index (χ0) is 25.8. The molecule has 186 valence electrons. The molecule has 0 bridgehead atoms. The van der Waals surface area contributed by atoms with E-state index in [2.05, 4.69) is 48.0 Å². The number of benzene rings is 4. The Labute approximate surface area is 217 Å². The van der Waals surface area contributed by atoms with Crippen molar-refractivity contribution in [3.8, 4) is 5.75 Å². The molecule has 1 unspecified atom stereocenters. The molecule has 0 radical (unpaired) electrons. The third-order valence-electron chi connectivity index (χ3n) is 6.57. The quantitative estimate of drug-likeness (QED) is 0.233. The van der Waals surface area contributed by atoms with Crippen LogP contribution in [0.2, 0.25) is 0 Å². The summed E-state index contributed by atoms with van der Waals surface area (Å²) in [4.78, 5) is 17.7. The predicted molar refractivity (Wildman–Crippen MR) is 149 cm³/mol. The molecule has 0 aliphatic heterocycles. The van der Waals surface area contributed by atoms with E-state index in [1.807, 2.05) is 79.8 Å². The Kier molecular flexibility index (Phi) is 7.04. The molecule has 5 heteroatoms. The third kappa shape index (κ3) is 5.56. The van der Waals surface area contributed by atoms with Crippen LogP contribution in [0, 0.1) is 6.92 Å². The molecule has 1 aromatic heterocycles. The minimum Gasteiger partial charge on any atom is -0.486 e. The monoisotopic (exact) mass is 489 g/mol. The van der Waals surface area contributed by atoms with Crippen LogP contribution in [0.15, 0.2) is 97.1 Å². The number of aryl methyl sites for hydroxylation is 2. The molecular weight excluding hydrogens is 458 g/mol. The Morgan fingerprint density at radius 3 is 2.46 bits per heavy atom. The number of carbonyl (C=O) groups is 1. The van der Waals surface area contributed by atoms with Gasteiger partial charge >= 0.3 is 0 Å². The van der Waals surface area contributed by atoms with Gasteiger partial charge in [0, 0.05) is 29.9 Å². The first-order valence-corrected chi connectivity index (χ1v) is 12.6. The van der Waals surface area contributed by atoms with Crippen molar-refractivity contribution in [3.63, 3.8) is 0 Å². The number of fused-ring (bicyclic) bond motifs is 1. The minimum absolute atomic E-state index is 0.0214. The first kappa shape index (κ1) is 24.3. The van der Waals surface area contributed by atoms with Crippen LogP contribution in [-0.2, 0) is 20.1 Å². The number of hydrogen-bond donors (Lipinski definition) is 1. The molecule has 0 fully saturated rings. The highest BCUT2D eigenvalue weighted by molar-refractivity contribution is 6.12. The van der Waals surface area contributed by atoms with Crippen molar-refractivity contribution in [1.29, 1.82) is 0 Å². The summed E-state index contributed by atoms with van der Waals surface area (Å²) in [6, 6.07) is 31.7. The van der Waals surface area contributed by atoms with Crippen LogP contribution in [0.1, 0.15) is 39.8 Å². The van der Waals surface area contributed by atoms with Crippen molar-refractivity contribution >= 4 is 22.5 Å². The summed E-state index contributed by atoms with van der Waals surface area (Å²) in [5.41, 5.74) is 6.72. The molecule has 1 N–H and O–H groups in total. The molecule has 1 atom stereocenters. The number of para-hydroxylation sites is 1. The smallest absolute Gasteiger partial charge is 0.195 e. The Morgan fingerprint density at radius 2 is 1.68 bits per heavy atom. The van der Waals surface area contributed by atoms with Crippen molar-refractivity contribution in [2.45, 2.75) is 32.9 Å². The number of ketones is 1.